The third kappa shape index (κ3) is 3.39. The number of nitrogens with two attached hydrogens (primary N) is 1. The van der Waals surface area contributed by atoms with Gasteiger partial charge in [-0.25, -0.2) is 0 Å². The Labute approximate surface area is 121 Å². The third-order valence-electron chi connectivity index (χ3n) is 3.20. The number of rotatable bonds is 4. The summed E-state index contributed by atoms with van der Waals surface area (Å²) in [5.41, 5.74) is 7.79. The highest BCUT2D eigenvalue weighted by Crippen LogP contribution is 2.37. The molecule has 0 amide bonds. The van der Waals surface area contributed by atoms with Crippen molar-refractivity contribution in [1.82, 2.24) is 4.98 Å². The van der Waals surface area contributed by atoms with E-state index in [4.69, 9.17) is 18.0 Å². The van der Waals surface area contributed by atoms with Crippen molar-refractivity contribution in [3.8, 4) is 0 Å². The largest absolute Gasteiger partial charge is 0.405 e. The number of nitrogens with zero attached hydrogens (tertiary/aromatic N) is 2. The van der Waals surface area contributed by atoms with Gasteiger partial charge in [0.15, 0.2) is 0 Å². The smallest absolute Gasteiger partial charge is 0.389 e. The molecular weight excluding hydrogens is 287 g/mol. The average Bonchev–Trinajstić information content (AvgIpc) is 3.06. The predicted octanol–water partition coefficient (Wildman–Crippen LogP) is 2.86. The van der Waals surface area contributed by atoms with E-state index in [2.05, 4.69) is 4.98 Å². The molecule has 0 radical (unpaired) electrons. The topological polar surface area (TPSA) is 42.1 Å². The zero-order chi connectivity index (χ0) is 15.1. The fourth-order valence-corrected chi connectivity index (χ4v) is 2.58. The number of hydrogen-bond donors (Lipinski definition) is 1. The van der Waals surface area contributed by atoms with Crippen molar-refractivity contribution in [2.75, 3.05) is 11.4 Å². The molecule has 1 heterocycles. The van der Waals surface area contributed by atoms with Gasteiger partial charge < -0.3 is 10.6 Å². The molecule has 0 spiro atoms. The van der Waals surface area contributed by atoms with Gasteiger partial charge in [-0.1, -0.05) is 12.2 Å². The van der Waals surface area contributed by atoms with Gasteiger partial charge in [0.05, 0.1) is 11.3 Å². The second kappa shape index (κ2) is 5.20. The molecule has 1 aromatic rings. The minimum absolute atomic E-state index is 0.0813. The van der Waals surface area contributed by atoms with Crippen LogP contribution in [0, 0.1) is 13.8 Å². The van der Waals surface area contributed by atoms with Crippen LogP contribution in [0.2, 0.25) is 0 Å². The molecule has 0 atom stereocenters. The Bertz CT molecular complexity index is 538. The van der Waals surface area contributed by atoms with Crippen molar-refractivity contribution in [2.24, 2.45) is 5.73 Å². The molecule has 0 aromatic carbocycles. The summed E-state index contributed by atoms with van der Waals surface area (Å²) in [5, 5.41) is 0. The summed E-state index contributed by atoms with van der Waals surface area (Å²) < 4.78 is 38.4. The molecule has 20 heavy (non-hydrogen) atoms. The van der Waals surface area contributed by atoms with Crippen molar-refractivity contribution in [2.45, 2.75) is 38.9 Å². The van der Waals surface area contributed by atoms with Gasteiger partial charge in [0.1, 0.15) is 11.5 Å². The first kappa shape index (κ1) is 15.0. The predicted molar refractivity (Wildman–Crippen MR) is 76.0 cm³/mol. The van der Waals surface area contributed by atoms with Gasteiger partial charge in [0, 0.05) is 17.4 Å². The lowest BCUT2D eigenvalue weighted by Gasteiger charge is -2.28. The Balaban J connectivity index is 2.49. The van der Waals surface area contributed by atoms with E-state index in [1.54, 1.807) is 19.9 Å². The number of hydrogen-bond acceptors (Lipinski definition) is 3. The second-order valence-electron chi connectivity index (χ2n) is 5.08. The van der Waals surface area contributed by atoms with Crippen LogP contribution in [0.5, 0.6) is 0 Å². The summed E-state index contributed by atoms with van der Waals surface area (Å²) in [4.78, 5) is 5.68. The summed E-state index contributed by atoms with van der Waals surface area (Å²) in [6, 6.07) is 1.54. The Morgan fingerprint density at radius 2 is 2.05 bits per heavy atom. The van der Waals surface area contributed by atoms with Crippen LogP contribution >= 0.6 is 12.2 Å². The Kier molecular flexibility index (Phi) is 3.90. The molecule has 110 valence electrons. The first-order valence-electron chi connectivity index (χ1n) is 6.30. The first-order chi connectivity index (χ1) is 9.19. The fourth-order valence-electron chi connectivity index (χ4n) is 2.33. The number of pyridine rings is 1. The lowest BCUT2D eigenvalue weighted by Crippen LogP contribution is -2.37. The normalized spacial score (nSPS) is 15.2. The maximum Gasteiger partial charge on any atom is 0.405 e. The Hall–Kier alpha value is -1.37. The maximum absolute atomic E-state index is 12.8. The highest BCUT2D eigenvalue weighted by atomic mass is 32.1. The van der Waals surface area contributed by atoms with Crippen molar-refractivity contribution >= 4 is 22.9 Å². The van der Waals surface area contributed by atoms with Crippen molar-refractivity contribution in [3.05, 3.63) is 23.0 Å². The van der Waals surface area contributed by atoms with Crippen LogP contribution in [0.1, 0.15) is 29.8 Å². The van der Waals surface area contributed by atoms with E-state index in [9.17, 15) is 13.2 Å². The number of halogens is 3. The van der Waals surface area contributed by atoms with E-state index < -0.39 is 12.7 Å². The van der Waals surface area contributed by atoms with Crippen LogP contribution < -0.4 is 10.6 Å². The average molecular weight is 303 g/mol. The standard InChI is InChI=1S/C13H16F3N3S/c1-7-5-10(11(12(17)20)8(2)18-7)19(9-3-4-9)6-13(14,15)16/h5,9H,3-4,6H2,1-2H3,(H2,17,20). The third-order valence-corrected chi connectivity index (χ3v) is 3.40. The van der Waals surface area contributed by atoms with Crippen LogP contribution in [0.15, 0.2) is 6.07 Å². The lowest BCUT2D eigenvalue weighted by atomic mass is 10.1. The van der Waals surface area contributed by atoms with Gasteiger partial charge >= 0.3 is 6.18 Å². The Morgan fingerprint density at radius 3 is 2.50 bits per heavy atom. The summed E-state index contributed by atoms with van der Waals surface area (Å²) >= 11 is 4.98. The van der Waals surface area contributed by atoms with Gasteiger partial charge in [-0.3, -0.25) is 4.98 Å². The summed E-state index contributed by atoms with van der Waals surface area (Å²) in [6.07, 6.45) is -2.75. The number of aryl methyl sites for hydroxylation is 2. The molecule has 0 bridgehead atoms. The van der Waals surface area contributed by atoms with Crippen molar-refractivity contribution in [1.29, 1.82) is 0 Å². The second-order valence-corrected chi connectivity index (χ2v) is 5.52. The molecule has 0 aliphatic heterocycles. The van der Waals surface area contributed by atoms with Gasteiger partial charge in [-0.05, 0) is 32.8 Å². The molecule has 1 saturated carbocycles. The lowest BCUT2D eigenvalue weighted by molar-refractivity contribution is -0.120. The van der Waals surface area contributed by atoms with Crippen molar-refractivity contribution in [3.63, 3.8) is 0 Å². The van der Waals surface area contributed by atoms with Crippen LogP contribution in [0.25, 0.3) is 0 Å². The van der Waals surface area contributed by atoms with Crippen LogP contribution in [0.3, 0.4) is 0 Å². The molecule has 3 nitrogen and oxygen atoms in total. The quantitative estimate of drug-likeness (QED) is 0.869. The van der Waals surface area contributed by atoms with Gasteiger partial charge in [-0.15, -0.1) is 0 Å². The molecule has 2 rings (SSSR count). The highest BCUT2D eigenvalue weighted by molar-refractivity contribution is 7.80. The van der Waals surface area contributed by atoms with Gasteiger partial charge in [-0.2, -0.15) is 13.2 Å². The minimum atomic E-state index is -4.26. The van der Waals surface area contributed by atoms with E-state index >= 15 is 0 Å². The van der Waals surface area contributed by atoms with E-state index in [-0.39, 0.29) is 11.0 Å². The summed E-state index contributed by atoms with van der Waals surface area (Å²) in [6.45, 7) is 2.47. The van der Waals surface area contributed by atoms with Crippen LogP contribution in [0.4, 0.5) is 18.9 Å². The van der Waals surface area contributed by atoms with E-state index in [0.29, 0.717) is 22.6 Å². The maximum atomic E-state index is 12.8. The van der Waals surface area contributed by atoms with Gasteiger partial charge in [0.25, 0.3) is 0 Å². The SMILES string of the molecule is Cc1cc(N(CC(F)(F)F)C2CC2)c(C(N)=S)c(C)n1. The number of aromatic nitrogens is 1. The molecule has 1 aliphatic carbocycles. The monoisotopic (exact) mass is 303 g/mol. The summed E-state index contributed by atoms with van der Waals surface area (Å²) in [5.74, 6) is 0. The molecule has 1 aliphatic rings. The molecule has 7 heteroatoms. The fraction of sp³-hybridized carbons (Fsp3) is 0.538. The molecule has 1 aromatic heterocycles. The highest BCUT2D eigenvalue weighted by Gasteiger charge is 2.39. The Morgan fingerprint density at radius 1 is 1.45 bits per heavy atom. The van der Waals surface area contributed by atoms with Crippen LogP contribution in [-0.4, -0.2) is 28.7 Å². The number of thiocarbonyl (C=S) groups is 1. The molecule has 0 unspecified atom stereocenters. The van der Waals surface area contributed by atoms with E-state index in [1.165, 1.54) is 4.90 Å². The number of alkyl halides is 3. The molecule has 1 fully saturated rings. The van der Waals surface area contributed by atoms with Gasteiger partial charge in [0.2, 0.25) is 0 Å². The minimum Gasteiger partial charge on any atom is -0.389 e. The van der Waals surface area contributed by atoms with E-state index in [1.807, 2.05) is 0 Å². The molecule has 2 N–H and O–H groups in total. The first-order valence-corrected chi connectivity index (χ1v) is 6.71. The molecule has 0 saturated heterocycles. The number of anilines is 1. The zero-order valence-corrected chi connectivity index (χ0v) is 12.1. The van der Waals surface area contributed by atoms with Crippen molar-refractivity contribution < 1.29 is 13.2 Å². The molecular formula is C13H16F3N3S. The zero-order valence-electron chi connectivity index (χ0n) is 11.3. The summed E-state index contributed by atoms with van der Waals surface area (Å²) in [7, 11) is 0. The van der Waals surface area contributed by atoms with Crippen LogP contribution in [-0.2, 0) is 0 Å². The van der Waals surface area contributed by atoms with E-state index in [0.717, 1.165) is 12.8 Å².